The lowest BCUT2D eigenvalue weighted by atomic mass is 9.86. The van der Waals surface area contributed by atoms with E-state index in [9.17, 15) is 14.4 Å². The second kappa shape index (κ2) is 7.45. The molecule has 3 aliphatic rings. The summed E-state index contributed by atoms with van der Waals surface area (Å²) < 4.78 is 5.25. The van der Waals surface area contributed by atoms with E-state index in [1.54, 1.807) is 17.0 Å². The van der Waals surface area contributed by atoms with Crippen LogP contribution in [0.15, 0.2) is 41.0 Å². The lowest BCUT2D eigenvalue weighted by molar-refractivity contribution is -0.115. The van der Waals surface area contributed by atoms with Crippen LogP contribution in [0.5, 0.6) is 0 Å². The molecule has 2 amide bonds. The molecule has 0 N–H and O–H groups in total. The van der Waals surface area contributed by atoms with E-state index in [1.807, 2.05) is 24.8 Å². The summed E-state index contributed by atoms with van der Waals surface area (Å²) >= 11 is 0. The van der Waals surface area contributed by atoms with E-state index in [0.29, 0.717) is 31.0 Å². The van der Waals surface area contributed by atoms with Crippen molar-refractivity contribution in [2.24, 2.45) is 0 Å². The summed E-state index contributed by atoms with van der Waals surface area (Å²) in [6.45, 7) is 9.48. The minimum absolute atomic E-state index is 0.0752. The van der Waals surface area contributed by atoms with E-state index < -0.39 is 17.2 Å². The number of nitrogens with zero attached hydrogens (tertiary/aromatic N) is 3. The number of aryl methyl sites for hydroxylation is 1. The number of carbonyl (C=O) groups is 3. The molecule has 0 radical (unpaired) electrons. The maximum absolute atomic E-state index is 12.8. The third kappa shape index (κ3) is 3.19. The summed E-state index contributed by atoms with van der Waals surface area (Å²) in [5.41, 5.74) is 3.87. The van der Waals surface area contributed by atoms with Gasteiger partial charge in [-0.2, -0.15) is 0 Å². The van der Waals surface area contributed by atoms with Gasteiger partial charge >= 0.3 is 0 Å². The number of hydrogen-bond donors (Lipinski definition) is 0. The summed E-state index contributed by atoms with van der Waals surface area (Å²) in [6.07, 6.45) is 4.43. The molecule has 1 saturated heterocycles. The predicted molar refractivity (Wildman–Crippen MR) is 121 cm³/mol. The monoisotopic (exact) mass is 433 g/mol. The molecule has 0 atom stereocenters. The lowest BCUT2D eigenvalue weighted by Crippen LogP contribution is -2.50. The van der Waals surface area contributed by atoms with Crippen molar-refractivity contribution in [3.8, 4) is 0 Å². The number of Topliss-reactive ketones (excluding diaryl/α,β-unsaturated/α-hetero) is 1. The van der Waals surface area contributed by atoms with Crippen molar-refractivity contribution < 1.29 is 18.8 Å². The largest absolute Gasteiger partial charge is 0.459 e. The highest BCUT2D eigenvalue weighted by Crippen LogP contribution is 2.46. The number of carbonyl (C=O) groups excluding carboxylic acids is 3. The Morgan fingerprint density at radius 2 is 1.81 bits per heavy atom. The van der Waals surface area contributed by atoms with E-state index in [1.165, 1.54) is 6.26 Å². The van der Waals surface area contributed by atoms with Gasteiger partial charge in [0.1, 0.15) is 0 Å². The van der Waals surface area contributed by atoms with E-state index in [0.717, 1.165) is 41.9 Å². The number of anilines is 1. The van der Waals surface area contributed by atoms with Gasteiger partial charge in [-0.1, -0.05) is 13.0 Å². The molecule has 3 aliphatic heterocycles. The van der Waals surface area contributed by atoms with Crippen LogP contribution in [-0.2, 0) is 11.2 Å². The molecular weight excluding hydrogens is 406 g/mol. The summed E-state index contributed by atoms with van der Waals surface area (Å²) in [6, 6.07) is 7.41. The van der Waals surface area contributed by atoms with Crippen LogP contribution in [0.4, 0.5) is 5.69 Å². The first-order valence-electron chi connectivity index (χ1n) is 11.1. The molecule has 2 aromatic rings. The predicted octanol–water partition coefficient (Wildman–Crippen LogP) is 3.00. The van der Waals surface area contributed by atoms with E-state index >= 15 is 0 Å². The average molecular weight is 434 g/mol. The summed E-state index contributed by atoms with van der Waals surface area (Å²) in [7, 11) is 0. The van der Waals surface area contributed by atoms with Crippen LogP contribution in [-0.4, -0.2) is 65.7 Å². The Morgan fingerprint density at radius 1 is 1.09 bits per heavy atom. The standard InChI is InChI=1S/C25H27N3O4/c1-4-16-12-18-17(14-25(2,3)28-21(18)19(13-16)22(29)24(28)31)15-26-7-9-27(10-8-26)23(30)20-6-5-11-32-20/h5-6,11-14H,4,7-10,15H2,1-3H3. The number of rotatable bonds is 4. The van der Waals surface area contributed by atoms with Crippen molar-refractivity contribution in [2.75, 3.05) is 37.6 Å². The molecule has 1 fully saturated rings. The van der Waals surface area contributed by atoms with Crippen LogP contribution in [0.1, 0.15) is 52.8 Å². The maximum atomic E-state index is 12.8. The van der Waals surface area contributed by atoms with Crippen molar-refractivity contribution in [2.45, 2.75) is 32.7 Å². The van der Waals surface area contributed by atoms with Gasteiger partial charge in [-0.3, -0.25) is 24.2 Å². The average Bonchev–Trinajstić information content (AvgIpc) is 3.40. The Kier molecular flexibility index (Phi) is 4.82. The number of benzene rings is 1. The molecule has 0 spiro atoms. The Labute approximate surface area is 187 Å². The fourth-order valence-electron chi connectivity index (χ4n) is 5.03. The quantitative estimate of drug-likeness (QED) is 0.693. The first-order chi connectivity index (χ1) is 15.3. The molecule has 0 unspecified atom stereocenters. The Hall–Kier alpha value is -3.19. The molecule has 1 aromatic carbocycles. The smallest absolute Gasteiger partial charge is 0.300 e. The molecule has 0 bridgehead atoms. The summed E-state index contributed by atoms with van der Waals surface area (Å²) in [5.74, 6) is -0.561. The van der Waals surface area contributed by atoms with Crippen molar-refractivity contribution >= 4 is 28.9 Å². The van der Waals surface area contributed by atoms with Gasteiger partial charge < -0.3 is 9.32 Å². The van der Waals surface area contributed by atoms with Gasteiger partial charge in [-0.15, -0.1) is 0 Å². The molecular formula is C25H27N3O4. The molecule has 7 nitrogen and oxygen atoms in total. The number of amides is 2. The maximum Gasteiger partial charge on any atom is 0.300 e. The first kappa shape index (κ1) is 20.7. The van der Waals surface area contributed by atoms with Crippen LogP contribution in [0.2, 0.25) is 0 Å². The molecule has 1 aromatic heterocycles. The van der Waals surface area contributed by atoms with Crippen molar-refractivity contribution in [3.63, 3.8) is 0 Å². The summed E-state index contributed by atoms with van der Waals surface area (Å²) in [5, 5.41) is 0. The number of hydrogen-bond acceptors (Lipinski definition) is 5. The van der Waals surface area contributed by atoms with Crippen LogP contribution in [0.3, 0.4) is 0 Å². The molecule has 5 rings (SSSR count). The molecule has 7 heteroatoms. The highest BCUT2D eigenvalue weighted by atomic mass is 16.3. The Bertz CT molecular complexity index is 1140. The highest BCUT2D eigenvalue weighted by Gasteiger charge is 2.47. The number of ketones is 1. The van der Waals surface area contributed by atoms with Crippen molar-refractivity contribution in [3.05, 3.63) is 59.1 Å². The van der Waals surface area contributed by atoms with Crippen molar-refractivity contribution in [1.29, 1.82) is 0 Å². The van der Waals surface area contributed by atoms with E-state index in [2.05, 4.69) is 24.0 Å². The second-order valence-electron chi connectivity index (χ2n) is 9.23. The van der Waals surface area contributed by atoms with Gasteiger partial charge in [-0.25, -0.2) is 0 Å². The van der Waals surface area contributed by atoms with Gasteiger partial charge in [0, 0.05) is 38.3 Å². The van der Waals surface area contributed by atoms with E-state index in [4.69, 9.17) is 4.42 Å². The third-order valence-electron chi connectivity index (χ3n) is 6.68. The highest BCUT2D eigenvalue weighted by molar-refractivity contribution is 6.53. The normalized spacial score (nSPS) is 19.9. The lowest BCUT2D eigenvalue weighted by Gasteiger charge is -2.41. The third-order valence-corrected chi connectivity index (χ3v) is 6.68. The van der Waals surface area contributed by atoms with Crippen LogP contribution in [0, 0.1) is 0 Å². The minimum atomic E-state index is -0.578. The van der Waals surface area contributed by atoms with Crippen molar-refractivity contribution in [1.82, 2.24) is 9.80 Å². The molecule has 4 heterocycles. The molecule has 0 saturated carbocycles. The second-order valence-corrected chi connectivity index (χ2v) is 9.23. The van der Waals surface area contributed by atoms with Gasteiger partial charge in [0.25, 0.3) is 17.6 Å². The van der Waals surface area contributed by atoms with Gasteiger partial charge in [0.05, 0.1) is 23.1 Å². The topological polar surface area (TPSA) is 74.1 Å². The van der Waals surface area contributed by atoms with Crippen LogP contribution < -0.4 is 4.90 Å². The molecule has 0 aliphatic carbocycles. The SMILES string of the molecule is CCc1cc2c3c(c1)C(CN1CCN(C(=O)c4ccco4)CC1)=CC(C)(C)N3C(=O)C2=O. The van der Waals surface area contributed by atoms with Crippen LogP contribution >= 0.6 is 0 Å². The number of piperazine rings is 1. The summed E-state index contributed by atoms with van der Waals surface area (Å²) in [4.78, 5) is 43.9. The van der Waals surface area contributed by atoms with Gasteiger partial charge in [0.2, 0.25) is 0 Å². The molecule has 32 heavy (non-hydrogen) atoms. The zero-order chi connectivity index (χ0) is 22.6. The minimum Gasteiger partial charge on any atom is -0.459 e. The molecule has 166 valence electrons. The fraction of sp³-hybridized carbons (Fsp3) is 0.400. The zero-order valence-corrected chi connectivity index (χ0v) is 18.7. The van der Waals surface area contributed by atoms with Gasteiger partial charge in [-0.05, 0) is 55.7 Å². The fourth-order valence-corrected chi connectivity index (χ4v) is 5.03. The van der Waals surface area contributed by atoms with Crippen LogP contribution in [0.25, 0.3) is 5.57 Å². The van der Waals surface area contributed by atoms with Gasteiger partial charge in [0.15, 0.2) is 5.76 Å². The number of furan rings is 1. The Balaban J connectivity index is 1.40. The Morgan fingerprint density at radius 3 is 2.47 bits per heavy atom. The zero-order valence-electron chi connectivity index (χ0n) is 18.7. The first-order valence-corrected chi connectivity index (χ1v) is 11.1. The van der Waals surface area contributed by atoms with E-state index in [-0.39, 0.29) is 5.91 Å².